The number of unbranched alkanes of at least 4 members (excludes halogenated alkanes) is 4. The molecular formula is C31H42F2O. The second-order valence-corrected chi connectivity index (χ2v) is 10.8. The van der Waals surface area contributed by atoms with E-state index in [0.29, 0.717) is 16.7 Å². The van der Waals surface area contributed by atoms with Gasteiger partial charge >= 0.3 is 0 Å². The largest absolute Gasteiger partial charge is 0.483 e. The van der Waals surface area contributed by atoms with Gasteiger partial charge in [0.05, 0.1) is 0 Å². The Hall–Kier alpha value is -1.90. The molecule has 2 aromatic rings. The minimum Gasteiger partial charge on any atom is -0.483 e. The lowest BCUT2D eigenvalue weighted by Crippen LogP contribution is -2.30. The molecule has 4 rings (SSSR count). The van der Waals surface area contributed by atoms with Crippen LogP contribution in [-0.2, 0) is 0 Å². The lowest BCUT2D eigenvalue weighted by molar-refractivity contribution is 0.113. The molecule has 1 nitrogen and oxygen atoms in total. The highest BCUT2D eigenvalue weighted by molar-refractivity contribution is 5.85. The standard InChI is InChI=1S/C31H42F2O/c1-3-5-7-8-9-10-22-11-12-24-19-25(14-13-23(24)18-22)26-15-16-28-27(20-26)21-29(32)31(30(28)33)34-17-6-4-2/h4,6,15-16,20-25H,3,5,7-14,17-19H2,1-2H3/b6-4+/t22?,23-,24?,25-/m1/s1. The van der Waals surface area contributed by atoms with Crippen molar-refractivity contribution >= 4 is 10.8 Å². The molecule has 3 heteroatoms. The average Bonchev–Trinajstić information content (AvgIpc) is 2.85. The van der Waals surface area contributed by atoms with E-state index in [1.807, 2.05) is 19.1 Å². The van der Waals surface area contributed by atoms with Crippen molar-refractivity contribution in [3.05, 3.63) is 53.6 Å². The summed E-state index contributed by atoms with van der Waals surface area (Å²) in [7, 11) is 0. The minimum absolute atomic E-state index is 0.165. The summed E-state index contributed by atoms with van der Waals surface area (Å²) in [6.07, 6.45) is 19.8. The number of ether oxygens (including phenoxy) is 1. The van der Waals surface area contributed by atoms with Gasteiger partial charge in [0.2, 0.25) is 0 Å². The van der Waals surface area contributed by atoms with Gasteiger partial charge in [0, 0.05) is 5.39 Å². The Balaban J connectivity index is 1.37. The Labute approximate surface area is 205 Å². The zero-order chi connectivity index (χ0) is 23.9. The molecule has 0 spiro atoms. The van der Waals surface area contributed by atoms with Crippen molar-refractivity contribution in [3.8, 4) is 5.75 Å². The molecular weight excluding hydrogens is 426 g/mol. The van der Waals surface area contributed by atoms with Crippen LogP contribution in [0.2, 0.25) is 0 Å². The van der Waals surface area contributed by atoms with Gasteiger partial charge in [-0.15, -0.1) is 0 Å². The summed E-state index contributed by atoms with van der Waals surface area (Å²) in [5.74, 6) is 1.66. The first-order valence-electron chi connectivity index (χ1n) is 13.8. The van der Waals surface area contributed by atoms with Crippen molar-refractivity contribution < 1.29 is 13.5 Å². The summed E-state index contributed by atoms with van der Waals surface area (Å²) < 4.78 is 34.9. The fourth-order valence-corrected chi connectivity index (χ4v) is 6.53. The highest BCUT2D eigenvalue weighted by atomic mass is 19.1. The first-order chi connectivity index (χ1) is 16.6. The normalized spacial score (nSPS) is 25.1. The molecule has 2 unspecified atom stereocenters. The minimum atomic E-state index is -0.622. The van der Waals surface area contributed by atoms with Crippen LogP contribution < -0.4 is 4.74 Å². The first kappa shape index (κ1) is 25.2. The van der Waals surface area contributed by atoms with Crippen molar-refractivity contribution in [2.75, 3.05) is 6.61 Å². The highest BCUT2D eigenvalue weighted by Gasteiger charge is 2.35. The van der Waals surface area contributed by atoms with Gasteiger partial charge in [-0.05, 0) is 79.7 Å². The van der Waals surface area contributed by atoms with Crippen LogP contribution in [0.1, 0.15) is 102 Å². The van der Waals surface area contributed by atoms with E-state index in [-0.39, 0.29) is 12.4 Å². The Morgan fingerprint density at radius 2 is 1.74 bits per heavy atom. The first-order valence-corrected chi connectivity index (χ1v) is 13.8. The zero-order valence-electron chi connectivity index (χ0n) is 21.1. The summed E-state index contributed by atoms with van der Waals surface area (Å²) in [6.45, 7) is 4.30. The Bertz CT molecular complexity index is 966. The van der Waals surface area contributed by atoms with Gasteiger partial charge in [0.15, 0.2) is 17.4 Å². The molecule has 2 aliphatic rings. The molecule has 2 aromatic carbocycles. The number of halogens is 2. The van der Waals surface area contributed by atoms with Crippen LogP contribution >= 0.6 is 0 Å². The van der Waals surface area contributed by atoms with E-state index in [4.69, 9.17) is 4.74 Å². The van der Waals surface area contributed by atoms with Crippen molar-refractivity contribution in [1.82, 2.24) is 0 Å². The Kier molecular flexibility index (Phi) is 9.03. The van der Waals surface area contributed by atoms with E-state index in [2.05, 4.69) is 13.0 Å². The lowest BCUT2D eigenvalue weighted by Gasteiger charge is -2.42. The summed E-state index contributed by atoms with van der Waals surface area (Å²) in [4.78, 5) is 0. The van der Waals surface area contributed by atoms with Crippen LogP contribution in [0.15, 0.2) is 36.4 Å². The van der Waals surface area contributed by atoms with Crippen molar-refractivity contribution in [3.63, 3.8) is 0 Å². The molecule has 4 atom stereocenters. The summed E-state index contributed by atoms with van der Waals surface area (Å²) in [5, 5.41) is 1.08. The number of benzene rings is 2. The number of rotatable bonds is 10. The molecule has 0 aliphatic heterocycles. The molecule has 2 fully saturated rings. The predicted octanol–water partition coefficient (Wildman–Crippen LogP) is 9.73. The van der Waals surface area contributed by atoms with Crippen molar-refractivity contribution in [2.24, 2.45) is 17.8 Å². The SMILES string of the molecule is C/C=C/COc1c(F)cc2cc([C@@H]3CC[C@@H]4CC(CCCCCCC)CCC4C3)ccc2c1F. The molecule has 0 radical (unpaired) electrons. The van der Waals surface area contributed by atoms with Gasteiger partial charge in [0.1, 0.15) is 6.61 Å². The fourth-order valence-electron chi connectivity index (χ4n) is 6.53. The van der Waals surface area contributed by atoms with Crippen LogP contribution in [0.5, 0.6) is 5.75 Å². The lowest BCUT2D eigenvalue weighted by atomic mass is 9.63. The van der Waals surface area contributed by atoms with Crippen LogP contribution in [0.3, 0.4) is 0 Å². The van der Waals surface area contributed by atoms with E-state index in [9.17, 15) is 8.78 Å². The smallest absolute Gasteiger partial charge is 0.191 e. The highest BCUT2D eigenvalue weighted by Crippen LogP contribution is 2.48. The van der Waals surface area contributed by atoms with Gasteiger partial charge in [-0.3, -0.25) is 0 Å². The van der Waals surface area contributed by atoms with E-state index >= 15 is 0 Å². The van der Waals surface area contributed by atoms with E-state index in [1.165, 1.54) is 88.7 Å². The third kappa shape index (κ3) is 6.01. The molecule has 0 saturated heterocycles. The topological polar surface area (TPSA) is 9.23 Å². The Morgan fingerprint density at radius 3 is 2.56 bits per heavy atom. The molecule has 0 N–H and O–H groups in total. The molecule has 2 saturated carbocycles. The van der Waals surface area contributed by atoms with E-state index in [0.717, 1.165) is 17.8 Å². The van der Waals surface area contributed by atoms with Gasteiger partial charge < -0.3 is 4.74 Å². The van der Waals surface area contributed by atoms with E-state index in [1.54, 1.807) is 12.2 Å². The summed E-state index contributed by atoms with van der Waals surface area (Å²) >= 11 is 0. The maximum absolute atomic E-state index is 14.9. The third-order valence-corrected chi connectivity index (χ3v) is 8.48. The maximum atomic E-state index is 14.9. The molecule has 0 amide bonds. The maximum Gasteiger partial charge on any atom is 0.191 e. The monoisotopic (exact) mass is 468 g/mol. The number of fused-ring (bicyclic) bond motifs is 2. The van der Waals surface area contributed by atoms with Crippen LogP contribution in [0.25, 0.3) is 10.8 Å². The molecule has 34 heavy (non-hydrogen) atoms. The molecule has 0 bridgehead atoms. The van der Waals surface area contributed by atoms with Gasteiger partial charge in [-0.1, -0.05) is 82.2 Å². The quantitative estimate of drug-likeness (QED) is 0.249. The van der Waals surface area contributed by atoms with Crippen LogP contribution in [-0.4, -0.2) is 6.61 Å². The van der Waals surface area contributed by atoms with E-state index < -0.39 is 11.6 Å². The number of hydrogen-bond donors (Lipinski definition) is 0. The third-order valence-electron chi connectivity index (χ3n) is 8.48. The average molecular weight is 469 g/mol. The van der Waals surface area contributed by atoms with Gasteiger partial charge in [-0.25, -0.2) is 8.78 Å². The van der Waals surface area contributed by atoms with Gasteiger partial charge in [0.25, 0.3) is 0 Å². The molecule has 0 heterocycles. The van der Waals surface area contributed by atoms with Crippen molar-refractivity contribution in [2.45, 2.75) is 96.8 Å². The molecule has 186 valence electrons. The molecule has 2 aliphatic carbocycles. The second kappa shape index (κ2) is 12.2. The van der Waals surface area contributed by atoms with Crippen molar-refractivity contribution in [1.29, 1.82) is 0 Å². The summed E-state index contributed by atoms with van der Waals surface area (Å²) in [6, 6.07) is 7.34. The van der Waals surface area contributed by atoms with Crippen LogP contribution in [0.4, 0.5) is 8.78 Å². The fraction of sp³-hybridized carbons (Fsp3) is 0.613. The number of hydrogen-bond acceptors (Lipinski definition) is 1. The zero-order valence-corrected chi connectivity index (χ0v) is 21.1. The van der Waals surface area contributed by atoms with Gasteiger partial charge in [-0.2, -0.15) is 0 Å². The van der Waals surface area contributed by atoms with Crippen LogP contribution in [0, 0.1) is 29.4 Å². The second-order valence-electron chi connectivity index (χ2n) is 10.8. The molecule has 0 aromatic heterocycles. The summed E-state index contributed by atoms with van der Waals surface area (Å²) in [5.41, 5.74) is 1.24. The predicted molar refractivity (Wildman–Crippen MR) is 138 cm³/mol. The Morgan fingerprint density at radius 1 is 0.941 bits per heavy atom. The number of allylic oxidation sites excluding steroid dienone is 1.